The molecule has 0 fully saturated rings. The number of aryl methyl sites for hydroxylation is 1. The minimum Gasteiger partial charge on any atom is -0.334 e. The summed E-state index contributed by atoms with van der Waals surface area (Å²) in [5.41, 5.74) is 4.77. The SMILES string of the molecule is CCCn1cc(-c2ccc(NC(=O)NCc3ccc4nccn4c3)cc2)cn1. The third kappa shape index (κ3) is 4.03. The lowest BCUT2D eigenvalue weighted by Crippen LogP contribution is -2.28. The summed E-state index contributed by atoms with van der Waals surface area (Å²) in [6, 6.07) is 11.4. The molecule has 7 heteroatoms. The van der Waals surface area contributed by atoms with Crippen LogP contribution in [0.3, 0.4) is 0 Å². The molecule has 0 aliphatic rings. The highest BCUT2D eigenvalue weighted by Gasteiger charge is 2.05. The summed E-state index contributed by atoms with van der Waals surface area (Å²) in [5.74, 6) is 0. The van der Waals surface area contributed by atoms with E-state index in [4.69, 9.17) is 0 Å². The molecule has 3 heterocycles. The summed E-state index contributed by atoms with van der Waals surface area (Å²) in [6.07, 6.45) is 10.5. The first kappa shape index (κ1) is 17.8. The maximum absolute atomic E-state index is 12.2. The second-order valence-corrected chi connectivity index (χ2v) is 6.61. The molecule has 3 aromatic heterocycles. The van der Waals surface area contributed by atoms with Gasteiger partial charge < -0.3 is 15.0 Å². The van der Waals surface area contributed by atoms with Gasteiger partial charge in [-0.3, -0.25) is 4.68 Å². The van der Waals surface area contributed by atoms with E-state index in [0.29, 0.717) is 6.54 Å². The van der Waals surface area contributed by atoms with Gasteiger partial charge in [-0.1, -0.05) is 25.1 Å². The van der Waals surface area contributed by atoms with Crippen LogP contribution >= 0.6 is 0 Å². The lowest BCUT2D eigenvalue weighted by Gasteiger charge is -2.08. The topological polar surface area (TPSA) is 76.2 Å². The number of aromatic nitrogens is 4. The van der Waals surface area contributed by atoms with Gasteiger partial charge in [0.05, 0.1) is 6.20 Å². The number of fused-ring (bicyclic) bond motifs is 1. The van der Waals surface area contributed by atoms with E-state index in [0.717, 1.165) is 41.0 Å². The standard InChI is InChI=1S/C21H22N6O/c1-2-10-27-15-18(13-24-27)17-4-6-19(7-5-17)25-21(28)23-12-16-3-8-20-22-9-11-26(20)14-16/h3-9,11,13-15H,2,10,12H2,1H3,(H2,23,25,28). The molecule has 0 radical (unpaired) electrons. The van der Waals surface area contributed by atoms with Crippen LogP contribution in [-0.2, 0) is 13.1 Å². The van der Waals surface area contributed by atoms with Crippen LogP contribution in [0.25, 0.3) is 16.8 Å². The van der Waals surface area contributed by atoms with Crippen LogP contribution in [0.2, 0.25) is 0 Å². The average Bonchev–Trinajstić information content (AvgIpc) is 3.36. The number of pyridine rings is 1. The van der Waals surface area contributed by atoms with Crippen LogP contribution in [0.15, 0.2) is 67.4 Å². The van der Waals surface area contributed by atoms with Crippen molar-refractivity contribution in [3.63, 3.8) is 0 Å². The molecule has 7 nitrogen and oxygen atoms in total. The van der Waals surface area contributed by atoms with Gasteiger partial charge in [0.15, 0.2) is 0 Å². The van der Waals surface area contributed by atoms with Crippen molar-refractivity contribution < 1.29 is 4.79 Å². The summed E-state index contributed by atoms with van der Waals surface area (Å²) in [6.45, 7) is 3.48. The number of hydrogen-bond acceptors (Lipinski definition) is 3. The predicted octanol–water partition coefficient (Wildman–Crippen LogP) is 3.93. The number of carbonyl (C=O) groups excluding carboxylic acids is 1. The first-order valence-corrected chi connectivity index (χ1v) is 9.30. The van der Waals surface area contributed by atoms with Crippen molar-refractivity contribution in [2.75, 3.05) is 5.32 Å². The molecule has 0 saturated heterocycles. The Morgan fingerprint density at radius 3 is 2.75 bits per heavy atom. The number of benzene rings is 1. The summed E-state index contributed by atoms with van der Waals surface area (Å²) in [4.78, 5) is 16.4. The van der Waals surface area contributed by atoms with Crippen molar-refractivity contribution in [2.45, 2.75) is 26.4 Å². The molecule has 2 N–H and O–H groups in total. The lowest BCUT2D eigenvalue weighted by molar-refractivity contribution is 0.251. The molecule has 0 bridgehead atoms. The van der Waals surface area contributed by atoms with E-state index in [1.54, 1.807) is 6.20 Å². The molecule has 1 aromatic carbocycles. The molecular weight excluding hydrogens is 352 g/mol. The van der Waals surface area contributed by atoms with Crippen LogP contribution < -0.4 is 10.6 Å². The normalized spacial score (nSPS) is 10.9. The molecule has 0 aliphatic carbocycles. The van der Waals surface area contributed by atoms with Crippen LogP contribution in [0, 0.1) is 0 Å². The highest BCUT2D eigenvalue weighted by atomic mass is 16.2. The number of rotatable bonds is 6. The van der Waals surface area contributed by atoms with E-state index in [-0.39, 0.29) is 6.03 Å². The Hall–Kier alpha value is -3.61. The zero-order chi connectivity index (χ0) is 19.3. The lowest BCUT2D eigenvalue weighted by atomic mass is 10.1. The molecule has 142 valence electrons. The minimum atomic E-state index is -0.241. The Morgan fingerprint density at radius 2 is 1.93 bits per heavy atom. The van der Waals surface area contributed by atoms with Gasteiger partial charge in [0.25, 0.3) is 0 Å². The Bertz CT molecular complexity index is 1080. The van der Waals surface area contributed by atoms with Gasteiger partial charge in [0.2, 0.25) is 0 Å². The van der Waals surface area contributed by atoms with Crippen LogP contribution in [-0.4, -0.2) is 25.2 Å². The van der Waals surface area contributed by atoms with Crippen molar-refractivity contribution in [3.05, 3.63) is 72.9 Å². The predicted molar refractivity (Wildman–Crippen MR) is 109 cm³/mol. The molecule has 4 aromatic rings. The zero-order valence-corrected chi connectivity index (χ0v) is 15.7. The number of amides is 2. The largest absolute Gasteiger partial charge is 0.334 e. The Labute approximate surface area is 163 Å². The van der Waals surface area contributed by atoms with Crippen LogP contribution in [0.5, 0.6) is 0 Å². The third-order valence-corrected chi connectivity index (χ3v) is 4.47. The Balaban J connectivity index is 1.33. The summed E-state index contributed by atoms with van der Waals surface area (Å²) < 4.78 is 3.87. The molecule has 0 saturated carbocycles. The average molecular weight is 374 g/mol. The van der Waals surface area contributed by atoms with Gasteiger partial charge >= 0.3 is 6.03 Å². The van der Waals surface area contributed by atoms with Crippen molar-refractivity contribution in [3.8, 4) is 11.1 Å². The van der Waals surface area contributed by atoms with Crippen molar-refractivity contribution in [1.29, 1.82) is 0 Å². The number of nitrogens with one attached hydrogen (secondary N) is 2. The molecule has 0 unspecified atom stereocenters. The van der Waals surface area contributed by atoms with E-state index in [2.05, 4.69) is 27.6 Å². The first-order chi connectivity index (χ1) is 13.7. The highest BCUT2D eigenvalue weighted by molar-refractivity contribution is 5.89. The van der Waals surface area contributed by atoms with Gasteiger partial charge in [0, 0.05) is 49.1 Å². The maximum Gasteiger partial charge on any atom is 0.319 e. The molecule has 0 aliphatic heterocycles. The van der Waals surface area contributed by atoms with E-state index in [1.807, 2.05) is 70.3 Å². The van der Waals surface area contributed by atoms with E-state index < -0.39 is 0 Å². The molecule has 2 amide bonds. The quantitative estimate of drug-likeness (QED) is 0.537. The molecular formula is C21H22N6O. The molecule has 0 spiro atoms. The number of carbonyl (C=O) groups is 1. The van der Waals surface area contributed by atoms with Gasteiger partial charge in [-0.15, -0.1) is 0 Å². The summed E-state index contributed by atoms with van der Waals surface area (Å²) in [7, 11) is 0. The second-order valence-electron chi connectivity index (χ2n) is 6.61. The number of anilines is 1. The van der Waals surface area contributed by atoms with E-state index in [9.17, 15) is 4.79 Å². The summed E-state index contributed by atoms with van der Waals surface area (Å²) in [5, 5.41) is 10.1. The molecule has 0 atom stereocenters. The van der Waals surface area contributed by atoms with E-state index in [1.165, 1.54) is 0 Å². The zero-order valence-electron chi connectivity index (χ0n) is 15.7. The number of nitrogens with zero attached hydrogens (tertiary/aromatic N) is 4. The number of urea groups is 1. The van der Waals surface area contributed by atoms with Gasteiger partial charge in [-0.05, 0) is 35.7 Å². The summed E-state index contributed by atoms with van der Waals surface area (Å²) >= 11 is 0. The van der Waals surface area contributed by atoms with Crippen LogP contribution in [0.4, 0.5) is 10.5 Å². The van der Waals surface area contributed by atoms with Crippen molar-refractivity contribution in [1.82, 2.24) is 24.5 Å². The fourth-order valence-corrected chi connectivity index (χ4v) is 3.04. The number of hydrogen-bond donors (Lipinski definition) is 2. The monoisotopic (exact) mass is 374 g/mol. The van der Waals surface area contributed by atoms with E-state index >= 15 is 0 Å². The van der Waals surface area contributed by atoms with Crippen LogP contribution in [0.1, 0.15) is 18.9 Å². The van der Waals surface area contributed by atoms with Gasteiger partial charge in [0.1, 0.15) is 5.65 Å². The first-order valence-electron chi connectivity index (χ1n) is 9.30. The smallest absolute Gasteiger partial charge is 0.319 e. The Morgan fingerprint density at radius 1 is 1.07 bits per heavy atom. The van der Waals surface area contributed by atoms with Gasteiger partial charge in [-0.2, -0.15) is 5.10 Å². The highest BCUT2D eigenvalue weighted by Crippen LogP contribution is 2.21. The fraction of sp³-hybridized carbons (Fsp3) is 0.190. The van der Waals surface area contributed by atoms with Crippen molar-refractivity contribution in [2.24, 2.45) is 0 Å². The minimum absolute atomic E-state index is 0.241. The second kappa shape index (κ2) is 7.96. The number of imidazole rings is 1. The Kier molecular flexibility index (Phi) is 5.05. The molecule has 4 rings (SSSR count). The fourth-order valence-electron chi connectivity index (χ4n) is 3.04. The maximum atomic E-state index is 12.2. The third-order valence-electron chi connectivity index (χ3n) is 4.47. The molecule has 28 heavy (non-hydrogen) atoms. The van der Waals surface area contributed by atoms with Crippen molar-refractivity contribution >= 4 is 17.4 Å². The van der Waals surface area contributed by atoms with Gasteiger partial charge in [-0.25, -0.2) is 9.78 Å².